The molecular formula is C26H33NO2. The third-order valence-electron chi connectivity index (χ3n) is 6.66. The Labute approximate surface area is 175 Å². The summed E-state index contributed by atoms with van der Waals surface area (Å²) in [6, 6.07) is 19.1. The standard InChI is InChI=1S/C26H33NO2/c1-2-29-24-16-7-6-14-22(24)25-23-15-8-9-17-26(23,28)18-20-27(25)19-10-13-21-11-4-3-5-12-21/h3-7,10-14,16,23,25,28H,2,8-9,15,17-20H2,1H3/t23?,25-,26?/m0/s1. The number of ether oxygens (including phenoxy) is 1. The normalized spacial score (nSPS) is 27.7. The van der Waals surface area contributed by atoms with Crippen molar-refractivity contribution in [3.8, 4) is 5.75 Å². The largest absolute Gasteiger partial charge is 0.494 e. The second-order valence-electron chi connectivity index (χ2n) is 8.43. The minimum Gasteiger partial charge on any atom is -0.494 e. The van der Waals surface area contributed by atoms with Crippen molar-refractivity contribution in [2.24, 2.45) is 5.92 Å². The van der Waals surface area contributed by atoms with Crippen molar-refractivity contribution < 1.29 is 9.84 Å². The molecule has 154 valence electrons. The first-order valence-corrected chi connectivity index (χ1v) is 11.1. The highest BCUT2D eigenvalue weighted by Gasteiger charge is 2.49. The summed E-state index contributed by atoms with van der Waals surface area (Å²) in [6.07, 6.45) is 9.68. The number of hydrogen-bond acceptors (Lipinski definition) is 3. The molecule has 2 aromatic carbocycles. The van der Waals surface area contributed by atoms with E-state index in [0.29, 0.717) is 6.61 Å². The third-order valence-corrected chi connectivity index (χ3v) is 6.66. The minimum absolute atomic E-state index is 0.192. The lowest BCUT2D eigenvalue weighted by Crippen LogP contribution is -2.54. The fourth-order valence-electron chi connectivity index (χ4n) is 5.26. The predicted octanol–water partition coefficient (Wildman–Crippen LogP) is 5.47. The van der Waals surface area contributed by atoms with E-state index in [1.807, 2.05) is 19.1 Å². The van der Waals surface area contributed by atoms with E-state index in [2.05, 4.69) is 59.5 Å². The lowest BCUT2D eigenvalue weighted by molar-refractivity contribution is -0.122. The summed E-state index contributed by atoms with van der Waals surface area (Å²) in [5.74, 6) is 1.23. The highest BCUT2D eigenvalue weighted by molar-refractivity contribution is 5.49. The molecule has 4 rings (SSSR count). The van der Waals surface area contributed by atoms with Crippen molar-refractivity contribution in [2.75, 3.05) is 19.7 Å². The zero-order valence-corrected chi connectivity index (χ0v) is 17.5. The molecule has 2 fully saturated rings. The highest BCUT2D eigenvalue weighted by Crippen LogP contribution is 2.50. The number of fused-ring (bicyclic) bond motifs is 1. The molecule has 1 aliphatic heterocycles. The van der Waals surface area contributed by atoms with Crippen LogP contribution in [0.15, 0.2) is 60.7 Å². The van der Waals surface area contributed by atoms with Gasteiger partial charge in [0.1, 0.15) is 5.75 Å². The first-order valence-electron chi connectivity index (χ1n) is 11.1. The molecule has 0 radical (unpaired) electrons. The Kier molecular flexibility index (Phi) is 6.37. The molecule has 2 aromatic rings. The van der Waals surface area contributed by atoms with Gasteiger partial charge in [-0.15, -0.1) is 0 Å². The molecule has 2 unspecified atom stereocenters. The topological polar surface area (TPSA) is 32.7 Å². The summed E-state index contributed by atoms with van der Waals surface area (Å²) >= 11 is 0. The molecular weight excluding hydrogens is 358 g/mol. The number of aliphatic hydroxyl groups is 1. The Hall–Kier alpha value is -2.10. The molecule has 2 aliphatic rings. The maximum absolute atomic E-state index is 11.5. The second kappa shape index (κ2) is 9.15. The Bertz CT molecular complexity index is 818. The number of likely N-dealkylation sites (tertiary alicyclic amines) is 1. The van der Waals surface area contributed by atoms with Crippen LogP contribution in [0.25, 0.3) is 6.08 Å². The molecule has 0 spiro atoms. The van der Waals surface area contributed by atoms with E-state index < -0.39 is 5.60 Å². The van der Waals surface area contributed by atoms with Crippen molar-refractivity contribution in [3.05, 3.63) is 71.8 Å². The van der Waals surface area contributed by atoms with Gasteiger partial charge >= 0.3 is 0 Å². The van der Waals surface area contributed by atoms with E-state index >= 15 is 0 Å². The summed E-state index contributed by atoms with van der Waals surface area (Å²) in [5, 5.41) is 11.5. The Morgan fingerprint density at radius 1 is 1.07 bits per heavy atom. The van der Waals surface area contributed by atoms with E-state index in [-0.39, 0.29) is 12.0 Å². The van der Waals surface area contributed by atoms with Gasteiger partial charge in [-0.2, -0.15) is 0 Å². The summed E-state index contributed by atoms with van der Waals surface area (Å²) in [5.41, 5.74) is 1.92. The van der Waals surface area contributed by atoms with Gasteiger partial charge in [0, 0.05) is 30.6 Å². The van der Waals surface area contributed by atoms with Gasteiger partial charge in [-0.25, -0.2) is 0 Å². The van der Waals surface area contributed by atoms with Crippen molar-refractivity contribution >= 4 is 6.08 Å². The van der Waals surface area contributed by atoms with Crippen LogP contribution in [0.4, 0.5) is 0 Å². The van der Waals surface area contributed by atoms with Crippen LogP contribution in [-0.2, 0) is 0 Å². The molecule has 1 saturated heterocycles. The van der Waals surface area contributed by atoms with E-state index in [1.54, 1.807) is 0 Å². The summed E-state index contributed by atoms with van der Waals surface area (Å²) < 4.78 is 6.00. The van der Waals surface area contributed by atoms with Crippen LogP contribution in [0.2, 0.25) is 0 Å². The quantitative estimate of drug-likeness (QED) is 0.709. The fourth-order valence-corrected chi connectivity index (χ4v) is 5.26. The molecule has 0 aromatic heterocycles. The minimum atomic E-state index is -0.540. The van der Waals surface area contributed by atoms with Crippen LogP contribution in [0, 0.1) is 5.92 Å². The summed E-state index contributed by atoms with van der Waals surface area (Å²) in [7, 11) is 0. The van der Waals surface area contributed by atoms with Gasteiger partial charge in [-0.05, 0) is 37.8 Å². The molecule has 1 saturated carbocycles. The fraction of sp³-hybridized carbons (Fsp3) is 0.462. The molecule has 29 heavy (non-hydrogen) atoms. The average molecular weight is 392 g/mol. The van der Waals surface area contributed by atoms with Crippen molar-refractivity contribution in [3.63, 3.8) is 0 Å². The van der Waals surface area contributed by atoms with E-state index in [1.165, 1.54) is 17.5 Å². The van der Waals surface area contributed by atoms with Gasteiger partial charge in [-0.1, -0.05) is 73.5 Å². The Morgan fingerprint density at radius 3 is 2.69 bits per heavy atom. The van der Waals surface area contributed by atoms with Crippen LogP contribution in [0.1, 0.15) is 56.2 Å². The number of hydrogen-bond donors (Lipinski definition) is 1. The average Bonchev–Trinajstić information content (AvgIpc) is 2.75. The molecule has 0 bridgehead atoms. The number of piperidine rings is 1. The Balaban J connectivity index is 1.63. The molecule has 3 nitrogen and oxygen atoms in total. The number of nitrogens with zero attached hydrogens (tertiary/aromatic N) is 1. The lowest BCUT2D eigenvalue weighted by atomic mass is 9.66. The van der Waals surface area contributed by atoms with Crippen LogP contribution in [0.5, 0.6) is 5.75 Å². The second-order valence-corrected chi connectivity index (χ2v) is 8.43. The molecule has 0 amide bonds. The zero-order valence-electron chi connectivity index (χ0n) is 17.5. The monoisotopic (exact) mass is 391 g/mol. The molecule has 3 atom stereocenters. The summed E-state index contributed by atoms with van der Waals surface area (Å²) in [4.78, 5) is 2.54. The van der Waals surface area contributed by atoms with Crippen molar-refractivity contribution in [1.29, 1.82) is 0 Å². The zero-order chi connectivity index (χ0) is 20.1. The van der Waals surface area contributed by atoms with Gasteiger partial charge in [0.2, 0.25) is 0 Å². The van der Waals surface area contributed by atoms with Crippen LogP contribution in [0.3, 0.4) is 0 Å². The first-order chi connectivity index (χ1) is 14.2. The van der Waals surface area contributed by atoms with Gasteiger partial charge in [0.25, 0.3) is 0 Å². The van der Waals surface area contributed by atoms with Crippen molar-refractivity contribution in [2.45, 2.75) is 50.7 Å². The summed E-state index contributed by atoms with van der Waals surface area (Å²) in [6.45, 7) is 4.49. The first kappa shape index (κ1) is 20.2. The van der Waals surface area contributed by atoms with Gasteiger partial charge in [0.15, 0.2) is 0 Å². The highest BCUT2D eigenvalue weighted by atomic mass is 16.5. The van der Waals surface area contributed by atoms with Crippen molar-refractivity contribution in [1.82, 2.24) is 4.90 Å². The number of benzene rings is 2. The predicted molar refractivity (Wildman–Crippen MR) is 119 cm³/mol. The van der Waals surface area contributed by atoms with Gasteiger partial charge in [-0.3, -0.25) is 4.90 Å². The van der Waals surface area contributed by atoms with Gasteiger partial charge in [0.05, 0.1) is 12.2 Å². The van der Waals surface area contributed by atoms with Crippen LogP contribution >= 0.6 is 0 Å². The van der Waals surface area contributed by atoms with E-state index in [9.17, 15) is 5.11 Å². The van der Waals surface area contributed by atoms with E-state index in [0.717, 1.165) is 44.5 Å². The molecule has 1 heterocycles. The lowest BCUT2D eigenvalue weighted by Gasteiger charge is -2.52. The maximum atomic E-state index is 11.5. The van der Waals surface area contributed by atoms with E-state index in [4.69, 9.17) is 4.74 Å². The molecule has 1 N–H and O–H groups in total. The van der Waals surface area contributed by atoms with Crippen LogP contribution < -0.4 is 4.74 Å². The molecule has 3 heteroatoms. The number of rotatable bonds is 6. The van der Waals surface area contributed by atoms with Crippen LogP contribution in [-0.4, -0.2) is 35.3 Å². The third kappa shape index (κ3) is 4.41. The smallest absolute Gasteiger partial charge is 0.124 e. The maximum Gasteiger partial charge on any atom is 0.124 e. The molecule has 1 aliphatic carbocycles. The number of para-hydroxylation sites is 1. The SMILES string of the molecule is CCOc1ccccc1[C@H]1C2CCCCC2(O)CCN1CC=Cc1ccccc1. The van der Waals surface area contributed by atoms with Gasteiger partial charge < -0.3 is 9.84 Å². The Morgan fingerprint density at radius 2 is 1.86 bits per heavy atom.